The Morgan fingerprint density at radius 1 is 1.05 bits per heavy atom. The van der Waals surface area contributed by atoms with Gasteiger partial charge in [-0.25, -0.2) is 0 Å². The molecule has 0 bridgehead atoms. The quantitative estimate of drug-likeness (QED) is 0.707. The number of hydrogen-bond acceptors (Lipinski definition) is 2. The van der Waals surface area contributed by atoms with E-state index in [9.17, 15) is 0 Å². The molecule has 0 aromatic heterocycles. The van der Waals surface area contributed by atoms with Crippen molar-refractivity contribution in [1.82, 2.24) is 10.2 Å². The van der Waals surface area contributed by atoms with Crippen molar-refractivity contribution < 1.29 is 0 Å². The van der Waals surface area contributed by atoms with Crippen molar-refractivity contribution in [2.24, 2.45) is 11.8 Å². The summed E-state index contributed by atoms with van der Waals surface area (Å²) >= 11 is 0. The molecule has 0 radical (unpaired) electrons. The van der Waals surface area contributed by atoms with Crippen molar-refractivity contribution in [3.8, 4) is 0 Å². The van der Waals surface area contributed by atoms with Crippen molar-refractivity contribution in [1.29, 1.82) is 0 Å². The molecule has 2 nitrogen and oxygen atoms in total. The summed E-state index contributed by atoms with van der Waals surface area (Å²) in [4.78, 5) is 2.64. The van der Waals surface area contributed by atoms with Gasteiger partial charge in [-0.05, 0) is 57.2 Å². The number of likely N-dealkylation sites (tertiary alicyclic amines) is 1. The van der Waals surface area contributed by atoms with E-state index in [0.29, 0.717) is 0 Å². The number of piperidine rings is 1. The number of nitrogens with one attached hydrogen (secondary N) is 1. The molecule has 2 rings (SSSR count). The number of nitrogens with zero attached hydrogens (tertiary/aromatic N) is 1. The normalized spacial score (nSPS) is 23.5. The van der Waals surface area contributed by atoms with E-state index in [1.54, 1.807) is 0 Å². The third kappa shape index (κ3) is 5.83. The largest absolute Gasteiger partial charge is 0.314 e. The van der Waals surface area contributed by atoms with Crippen LogP contribution in [-0.2, 0) is 0 Å². The van der Waals surface area contributed by atoms with Crippen LogP contribution in [0.1, 0.15) is 65.2 Å². The van der Waals surface area contributed by atoms with Gasteiger partial charge in [0.2, 0.25) is 0 Å². The SMILES string of the molecule is CC(C)CN1CCC(NCCCC2CCCC2)CC1. The van der Waals surface area contributed by atoms with Crippen LogP contribution in [0.25, 0.3) is 0 Å². The van der Waals surface area contributed by atoms with Crippen LogP contribution < -0.4 is 5.32 Å². The highest BCUT2D eigenvalue weighted by atomic mass is 15.1. The molecule has 0 aromatic carbocycles. The van der Waals surface area contributed by atoms with Gasteiger partial charge in [-0.3, -0.25) is 0 Å². The van der Waals surface area contributed by atoms with Gasteiger partial charge in [-0.2, -0.15) is 0 Å². The Morgan fingerprint density at radius 2 is 1.74 bits per heavy atom. The zero-order chi connectivity index (χ0) is 13.5. The Kier molecular flexibility index (Phi) is 6.66. The minimum Gasteiger partial charge on any atom is -0.314 e. The second-order valence-corrected chi connectivity index (χ2v) is 7.22. The first-order chi connectivity index (χ1) is 9.24. The highest BCUT2D eigenvalue weighted by molar-refractivity contribution is 4.78. The van der Waals surface area contributed by atoms with E-state index in [1.165, 1.54) is 77.5 Å². The van der Waals surface area contributed by atoms with Crippen LogP contribution in [0.15, 0.2) is 0 Å². The summed E-state index contributed by atoms with van der Waals surface area (Å²) in [5.41, 5.74) is 0. The molecule has 1 heterocycles. The van der Waals surface area contributed by atoms with Crippen LogP contribution in [-0.4, -0.2) is 37.1 Å². The van der Waals surface area contributed by atoms with Crippen molar-refractivity contribution in [3.05, 3.63) is 0 Å². The van der Waals surface area contributed by atoms with Gasteiger partial charge < -0.3 is 10.2 Å². The molecule has 1 N–H and O–H groups in total. The standard InChI is InChI=1S/C17H34N2/c1-15(2)14-19-12-9-17(10-13-19)18-11-5-8-16-6-3-4-7-16/h15-18H,3-14H2,1-2H3. The van der Waals surface area contributed by atoms with Crippen LogP contribution in [0.3, 0.4) is 0 Å². The average molecular weight is 266 g/mol. The van der Waals surface area contributed by atoms with Gasteiger partial charge >= 0.3 is 0 Å². The van der Waals surface area contributed by atoms with E-state index in [2.05, 4.69) is 24.1 Å². The lowest BCUT2D eigenvalue weighted by atomic mass is 10.0. The van der Waals surface area contributed by atoms with Gasteiger partial charge in [0.1, 0.15) is 0 Å². The fourth-order valence-corrected chi connectivity index (χ4v) is 3.83. The first kappa shape index (κ1) is 15.3. The van der Waals surface area contributed by atoms with Gasteiger partial charge in [0.25, 0.3) is 0 Å². The summed E-state index contributed by atoms with van der Waals surface area (Å²) in [7, 11) is 0. The third-order valence-corrected chi connectivity index (χ3v) is 4.91. The molecule has 0 spiro atoms. The van der Waals surface area contributed by atoms with Crippen LogP contribution in [0.4, 0.5) is 0 Å². The molecule has 1 aliphatic carbocycles. The molecule has 1 saturated carbocycles. The number of rotatable bonds is 7. The molecule has 2 heteroatoms. The third-order valence-electron chi connectivity index (χ3n) is 4.91. The first-order valence-electron chi connectivity index (χ1n) is 8.70. The Morgan fingerprint density at radius 3 is 2.37 bits per heavy atom. The van der Waals surface area contributed by atoms with Crippen LogP contribution >= 0.6 is 0 Å². The van der Waals surface area contributed by atoms with Gasteiger partial charge in [0.15, 0.2) is 0 Å². The minimum atomic E-state index is 0.798. The number of hydrogen-bond donors (Lipinski definition) is 1. The molecule has 1 saturated heterocycles. The predicted octanol–water partition coefficient (Wildman–Crippen LogP) is 3.67. The maximum absolute atomic E-state index is 3.79. The molecule has 0 unspecified atom stereocenters. The summed E-state index contributed by atoms with van der Waals surface area (Å²) < 4.78 is 0. The van der Waals surface area contributed by atoms with E-state index in [-0.39, 0.29) is 0 Å². The highest BCUT2D eigenvalue weighted by Gasteiger charge is 2.19. The smallest absolute Gasteiger partial charge is 0.00914 e. The van der Waals surface area contributed by atoms with E-state index in [0.717, 1.165) is 17.9 Å². The molecule has 0 atom stereocenters. The topological polar surface area (TPSA) is 15.3 Å². The Labute approximate surface area is 120 Å². The van der Waals surface area contributed by atoms with Gasteiger partial charge in [0.05, 0.1) is 0 Å². The molecule has 2 aliphatic rings. The lowest BCUT2D eigenvalue weighted by Gasteiger charge is -2.33. The van der Waals surface area contributed by atoms with E-state index in [4.69, 9.17) is 0 Å². The fourth-order valence-electron chi connectivity index (χ4n) is 3.83. The lowest BCUT2D eigenvalue weighted by molar-refractivity contribution is 0.179. The molecule has 112 valence electrons. The lowest BCUT2D eigenvalue weighted by Crippen LogP contribution is -2.43. The predicted molar refractivity (Wildman–Crippen MR) is 83.5 cm³/mol. The van der Waals surface area contributed by atoms with Gasteiger partial charge in [-0.1, -0.05) is 39.5 Å². The van der Waals surface area contributed by atoms with Gasteiger partial charge in [0, 0.05) is 12.6 Å². The molecule has 0 amide bonds. The van der Waals surface area contributed by atoms with Crippen molar-refractivity contribution in [2.45, 2.75) is 71.3 Å². The van der Waals surface area contributed by atoms with Crippen molar-refractivity contribution in [3.63, 3.8) is 0 Å². The van der Waals surface area contributed by atoms with Crippen LogP contribution in [0, 0.1) is 11.8 Å². The molecule has 19 heavy (non-hydrogen) atoms. The van der Waals surface area contributed by atoms with Crippen LogP contribution in [0.5, 0.6) is 0 Å². The van der Waals surface area contributed by atoms with E-state index < -0.39 is 0 Å². The molecule has 1 aliphatic heterocycles. The summed E-state index contributed by atoms with van der Waals surface area (Å²) in [6.45, 7) is 9.80. The van der Waals surface area contributed by atoms with Gasteiger partial charge in [-0.15, -0.1) is 0 Å². The Bertz CT molecular complexity index is 225. The second-order valence-electron chi connectivity index (χ2n) is 7.22. The summed E-state index contributed by atoms with van der Waals surface area (Å²) in [5, 5.41) is 3.79. The van der Waals surface area contributed by atoms with E-state index in [1.807, 2.05) is 0 Å². The summed E-state index contributed by atoms with van der Waals surface area (Å²) in [6, 6.07) is 0.798. The summed E-state index contributed by atoms with van der Waals surface area (Å²) in [6.07, 6.45) is 11.6. The maximum atomic E-state index is 3.79. The molecular weight excluding hydrogens is 232 g/mol. The van der Waals surface area contributed by atoms with Crippen LogP contribution in [0.2, 0.25) is 0 Å². The Balaban J connectivity index is 1.48. The molecule has 2 fully saturated rings. The monoisotopic (exact) mass is 266 g/mol. The molecule has 0 aromatic rings. The second kappa shape index (κ2) is 8.26. The van der Waals surface area contributed by atoms with Crippen molar-refractivity contribution in [2.75, 3.05) is 26.2 Å². The Hall–Kier alpha value is -0.0800. The fraction of sp³-hybridized carbons (Fsp3) is 1.00. The van der Waals surface area contributed by atoms with E-state index >= 15 is 0 Å². The zero-order valence-corrected chi connectivity index (χ0v) is 13.2. The average Bonchev–Trinajstić information content (AvgIpc) is 2.89. The first-order valence-corrected chi connectivity index (χ1v) is 8.70. The highest BCUT2D eigenvalue weighted by Crippen LogP contribution is 2.28. The molecular formula is C17H34N2. The maximum Gasteiger partial charge on any atom is 0.00914 e. The minimum absolute atomic E-state index is 0.798. The summed E-state index contributed by atoms with van der Waals surface area (Å²) in [5.74, 6) is 1.88. The zero-order valence-electron chi connectivity index (χ0n) is 13.2. The van der Waals surface area contributed by atoms with Crippen molar-refractivity contribution >= 4 is 0 Å².